The Labute approximate surface area is 132 Å². The molecule has 1 aromatic carbocycles. The smallest absolute Gasteiger partial charge is 0.248 e. The molecular weight excluding hydrogens is 276 g/mol. The van der Waals surface area contributed by atoms with E-state index in [2.05, 4.69) is 22.5 Å². The Kier molecular flexibility index (Phi) is 6.25. The van der Waals surface area contributed by atoms with Crippen LogP contribution in [0, 0.1) is 0 Å². The van der Waals surface area contributed by atoms with E-state index in [4.69, 9.17) is 5.73 Å². The average Bonchev–Trinajstić information content (AvgIpc) is 2.54. The van der Waals surface area contributed by atoms with Gasteiger partial charge in [-0.1, -0.05) is 31.4 Å². The number of nitrogens with two attached hydrogens (primary N) is 1. The number of nitrogens with zero attached hydrogens (tertiary/aromatic N) is 1. The Bertz CT molecular complexity index is 521. The number of primary amides is 1. The number of carbonyl (C=O) groups is 1. The summed E-state index contributed by atoms with van der Waals surface area (Å²) in [4.78, 5) is 15.8. The first-order valence-corrected chi connectivity index (χ1v) is 8.12. The summed E-state index contributed by atoms with van der Waals surface area (Å²) in [6, 6.07) is 7.84. The van der Waals surface area contributed by atoms with Gasteiger partial charge in [-0.2, -0.15) is 0 Å². The van der Waals surface area contributed by atoms with Gasteiger partial charge in [-0.15, -0.1) is 0 Å². The molecule has 5 heteroatoms. The molecule has 1 fully saturated rings. The van der Waals surface area contributed by atoms with Crippen molar-refractivity contribution in [1.29, 1.82) is 0 Å². The van der Waals surface area contributed by atoms with Gasteiger partial charge in [0.15, 0.2) is 5.96 Å². The van der Waals surface area contributed by atoms with E-state index >= 15 is 0 Å². The number of hydrogen-bond acceptors (Lipinski definition) is 2. The lowest BCUT2D eigenvalue weighted by Gasteiger charge is -2.24. The van der Waals surface area contributed by atoms with Gasteiger partial charge in [0.1, 0.15) is 0 Å². The maximum atomic E-state index is 11.2. The standard InChI is InChI=1S/C17H26N4O/c1-2-19-17(21-15-9-4-3-5-10-15)20-12-13-7-6-8-14(11-13)16(18)22/h6-8,11,15H,2-5,9-10,12H2,1H3,(H2,18,22)(H2,19,20,21). The van der Waals surface area contributed by atoms with Crippen molar-refractivity contribution >= 4 is 11.9 Å². The van der Waals surface area contributed by atoms with Crippen LogP contribution in [0.5, 0.6) is 0 Å². The molecule has 1 amide bonds. The number of guanidine groups is 1. The van der Waals surface area contributed by atoms with E-state index in [-0.39, 0.29) is 0 Å². The molecule has 2 rings (SSSR count). The average molecular weight is 302 g/mol. The predicted octanol–water partition coefficient (Wildman–Crippen LogP) is 2.17. The molecule has 0 saturated heterocycles. The molecule has 4 N–H and O–H groups in total. The lowest BCUT2D eigenvalue weighted by Crippen LogP contribution is -2.44. The molecule has 1 aliphatic rings. The maximum Gasteiger partial charge on any atom is 0.248 e. The molecule has 0 atom stereocenters. The summed E-state index contributed by atoms with van der Waals surface area (Å²) < 4.78 is 0. The molecule has 22 heavy (non-hydrogen) atoms. The molecule has 0 unspecified atom stereocenters. The summed E-state index contributed by atoms with van der Waals surface area (Å²) in [5.41, 5.74) is 6.82. The fourth-order valence-corrected chi connectivity index (χ4v) is 2.75. The number of benzene rings is 1. The molecule has 0 spiro atoms. The quantitative estimate of drug-likeness (QED) is 0.576. The number of carbonyl (C=O) groups excluding carboxylic acids is 1. The summed E-state index contributed by atoms with van der Waals surface area (Å²) in [6.07, 6.45) is 6.34. The molecule has 1 aromatic rings. The fourth-order valence-electron chi connectivity index (χ4n) is 2.75. The zero-order valence-electron chi connectivity index (χ0n) is 13.3. The van der Waals surface area contributed by atoms with Crippen LogP contribution in [0.2, 0.25) is 0 Å². The van der Waals surface area contributed by atoms with Gasteiger partial charge >= 0.3 is 0 Å². The topological polar surface area (TPSA) is 79.5 Å². The van der Waals surface area contributed by atoms with Crippen molar-refractivity contribution in [1.82, 2.24) is 10.6 Å². The van der Waals surface area contributed by atoms with Crippen LogP contribution in [0.25, 0.3) is 0 Å². The van der Waals surface area contributed by atoms with Crippen molar-refractivity contribution < 1.29 is 4.79 Å². The highest BCUT2D eigenvalue weighted by molar-refractivity contribution is 5.92. The van der Waals surface area contributed by atoms with Crippen molar-refractivity contribution in [2.45, 2.75) is 51.6 Å². The molecular formula is C17H26N4O. The van der Waals surface area contributed by atoms with Crippen LogP contribution in [-0.4, -0.2) is 24.5 Å². The first-order valence-electron chi connectivity index (χ1n) is 8.12. The second kappa shape index (κ2) is 8.41. The fraction of sp³-hybridized carbons (Fsp3) is 0.529. The van der Waals surface area contributed by atoms with E-state index in [1.54, 1.807) is 12.1 Å². The van der Waals surface area contributed by atoms with Crippen LogP contribution in [0.3, 0.4) is 0 Å². The molecule has 1 saturated carbocycles. The van der Waals surface area contributed by atoms with E-state index in [1.165, 1.54) is 32.1 Å². The van der Waals surface area contributed by atoms with Gasteiger partial charge in [0.25, 0.3) is 0 Å². The molecule has 0 bridgehead atoms. The molecule has 0 aliphatic heterocycles. The minimum Gasteiger partial charge on any atom is -0.366 e. The highest BCUT2D eigenvalue weighted by atomic mass is 16.1. The lowest BCUT2D eigenvalue weighted by molar-refractivity contribution is 0.1000. The molecule has 5 nitrogen and oxygen atoms in total. The SMILES string of the molecule is CCNC(=NCc1cccc(C(N)=O)c1)NC1CCCCC1. The summed E-state index contributed by atoms with van der Waals surface area (Å²) in [6.45, 7) is 3.43. The highest BCUT2D eigenvalue weighted by Crippen LogP contribution is 2.17. The Morgan fingerprint density at radius 3 is 2.77 bits per heavy atom. The molecule has 120 valence electrons. The van der Waals surface area contributed by atoms with Crippen LogP contribution in [0.15, 0.2) is 29.3 Å². The van der Waals surface area contributed by atoms with Crippen molar-refractivity contribution in [3.63, 3.8) is 0 Å². The van der Waals surface area contributed by atoms with E-state index in [1.807, 2.05) is 12.1 Å². The van der Waals surface area contributed by atoms with Gasteiger partial charge in [0.2, 0.25) is 5.91 Å². The number of aliphatic imine (C=N–C) groups is 1. The Morgan fingerprint density at radius 2 is 2.09 bits per heavy atom. The minimum absolute atomic E-state index is 0.405. The van der Waals surface area contributed by atoms with Gasteiger partial charge in [-0.05, 0) is 37.5 Å². The van der Waals surface area contributed by atoms with Crippen LogP contribution in [-0.2, 0) is 6.54 Å². The summed E-state index contributed by atoms with van der Waals surface area (Å²) in [7, 11) is 0. The largest absolute Gasteiger partial charge is 0.366 e. The zero-order valence-corrected chi connectivity index (χ0v) is 13.3. The number of amides is 1. The van der Waals surface area contributed by atoms with Crippen LogP contribution >= 0.6 is 0 Å². The summed E-state index contributed by atoms with van der Waals surface area (Å²) in [5.74, 6) is 0.442. The number of hydrogen-bond donors (Lipinski definition) is 3. The Morgan fingerprint density at radius 1 is 1.32 bits per heavy atom. The third-order valence-electron chi connectivity index (χ3n) is 3.92. The van der Waals surface area contributed by atoms with Gasteiger partial charge in [0.05, 0.1) is 6.54 Å². The predicted molar refractivity (Wildman–Crippen MR) is 89.8 cm³/mol. The molecule has 0 aromatic heterocycles. The van der Waals surface area contributed by atoms with Crippen LogP contribution < -0.4 is 16.4 Å². The van der Waals surface area contributed by atoms with E-state index in [9.17, 15) is 4.79 Å². The summed E-state index contributed by atoms with van der Waals surface area (Å²) >= 11 is 0. The van der Waals surface area contributed by atoms with Crippen molar-refractivity contribution in [2.24, 2.45) is 10.7 Å². The first kappa shape index (κ1) is 16.3. The molecule has 0 heterocycles. The normalized spacial score (nSPS) is 16.3. The summed E-state index contributed by atoms with van der Waals surface area (Å²) in [5, 5.41) is 6.80. The van der Waals surface area contributed by atoms with Crippen LogP contribution in [0.4, 0.5) is 0 Å². The van der Waals surface area contributed by atoms with E-state index < -0.39 is 5.91 Å². The third kappa shape index (κ3) is 5.06. The van der Waals surface area contributed by atoms with Gasteiger partial charge in [0, 0.05) is 18.2 Å². The monoisotopic (exact) mass is 302 g/mol. The van der Waals surface area contributed by atoms with Gasteiger partial charge in [-0.3, -0.25) is 4.79 Å². The molecule has 1 aliphatic carbocycles. The Hall–Kier alpha value is -2.04. The van der Waals surface area contributed by atoms with Crippen molar-refractivity contribution in [2.75, 3.05) is 6.54 Å². The highest BCUT2D eigenvalue weighted by Gasteiger charge is 2.14. The number of nitrogens with one attached hydrogen (secondary N) is 2. The van der Waals surface area contributed by atoms with E-state index in [0.29, 0.717) is 18.2 Å². The van der Waals surface area contributed by atoms with Crippen LogP contribution in [0.1, 0.15) is 54.9 Å². The lowest BCUT2D eigenvalue weighted by atomic mass is 9.96. The maximum absolute atomic E-state index is 11.2. The van der Waals surface area contributed by atoms with Gasteiger partial charge in [-0.25, -0.2) is 4.99 Å². The minimum atomic E-state index is -0.405. The first-order chi connectivity index (χ1) is 10.7. The van der Waals surface area contributed by atoms with E-state index in [0.717, 1.165) is 18.1 Å². The second-order valence-corrected chi connectivity index (χ2v) is 5.74. The third-order valence-corrected chi connectivity index (χ3v) is 3.92. The van der Waals surface area contributed by atoms with Gasteiger partial charge < -0.3 is 16.4 Å². The number of rotatable bonds is 5. The van der Waals surface area contributed by atoms with Crippen molar-refractivity contribution in [3.8, 4) is 0 Å². The zero-order chi connectivity index (χ0) is 15.8. The second-order valence-electron chi connectivity index (χ2n) is 5.74. The van der Waals surface area contributed by atoms with Crippen molar-refractivity contribution in [3.05, 3.63) is 35.4 Å². The Balaban J connectivity index is 1.99. The molecule has 0 radical (unpaired) electrons.